The molecule has 1 N–H and O–H groups in total. The van der Waals surface area contributed by atoms with Gasteiger partial charge in [-0.05, 0) is 18.2 Å². The van der Waals surface area contributed by atoms with Gasteiger partial charge in [0.1, 0.15) is 5.69 Å². The fraction of sp³-hybridized carbons (Fsp3) is 0.133. The summed E-state index contributed by atoms with van der Waals surface area (Å²) in [6.45, 7) is 0. The summed E-state index contributed by atoms with van der Waals surface area (Å²) >= 11 is 0. The highest BCUT2D eigenvalue weighted by atomic mass is 16.6. The van der Waals surface area contributed by atoms with Crippen LogP contribution in [0.25, 0.3) is 0 Å². The molecule has 0 aromatic heterocycles. The fourth-order valence-electron chi connectivity index (χ4n) is 2.06. The van der Waals surface area contributed by atoms with Gasteiger partial charge in [0.2, 0.25) is 0 Å². The molecule has 0 saturated carbocycles. The van der Waals surface area contributed by atoms with Crippen LogP contribution in [0.1, 0.15) is 5.56 Å². The molecule has 0 heterocycles. The Bertz CT molecular complexity index is 837. The average molecular weight is 346 g/mol. The van der Waals surface area contributed by atoms with Crippen LogP contribution in [0.15, 0.2) is 41.5 Å². The lowest BCUT2D eigenvalue weighted by atomic mass is 10.2. The molecule has 25 heavy (non-hydrogen) atoms. The zero-order valence-electron chi connectivity index (χ0n) is 13.3. The Balaban J connectivity index is 2.28. The summed E-state index contributed by atoms with van der Waals surface area (Å²) in [4.78, 5) is 20.4. The first-order valence-corrected chi connectivity index (χ1v) is 6.90. The number of anilines is 1. The molecule has 10 heteroatoms. The molecule has 0 radical (unpaired) electrons. The van der Waals surface area contributed by atoms with Gasteiger partial charge in [-0.15, -0.1) is 0 Å². The monoisotopic (exact) mass is 346 g/mol. The Hall–Kier alpha value is -3.69. The number of methoxy groups -OCH3 is 2. The molecule has 130 valence electrons. The highest BCUT2D eigenvalue weighted by molar-refractivity contribution is 5.85. The van der Waals surface area contributed by atoms with Gasteiger partial charge in [0.15, 0.2) is 11.5 Å². The first-order chi connectivity index (χ1) is 12.0. The van der Waals surface area contributed by atoms with E-state index in [0.717, 1.165) is 12.1 Å². The van der Waals surface area contributed by atoms with E-state index in [-0.39, 0.29) is 11.4 Å². The lowest BCUT2D eigenvalue weighted by molar-refractivity contribution is -0.393. The molecule has 0 fully saturated rings. The zero-order valence-corrected chi connectivity index (χ0v) is 13.3. The Morgan fingerprint density at radius 1 is 1.08 bits per heavy atom. The van der Waals surface area contributed by atoms with Crippen LogP contribution in [-0.2, 0) is 0 Å². The van der Waals surface area contributed by atoms with E-state index in [1.807, 2.05) is 0 Å². The molecule has 2 aromatic carbocycles. The van der Waals surface area contributed by atoms with Crippen LogP contribution in [0.3, 0.4) is 0 Å². The Morgan fingerprint density at radius 2 is 1.84 bits per heavy atom. The molecule has 0 aliphatic carbocycles. The molecule has 2 aromatic rings. The second kappa shape index (κ2) is 7.73. The van der Waals surface area contributed by atoms with Gasteiger partial charge in [-0.3, -0.25) is 25.7 Å². The average Bonchev–Trinajstić information content (AvgIpc) is 2.61. The van der Waals surface area contributed by atoms with Crippen molar-refractivity contribution in [1.29, 1.82) is 0 Å². The molecular weight excluding hydrogens is 332 g/mol. The van der Waals surface area contributed by atoms with E-state index in [1.54, 1.807) is 18.2 Å². The third-order valence-electron chi connectivity index (χ3n) is 3.21. The van der Waals surface area contributed by atoms with Crippen LogP contribution in [0.2, 0.25) is 0 Å². The first kappa shape index (κ1) is 17.7. The minimum atomic E-state index is -0.725. The highest BCUT2D eigenvalue weighted by Gasteiger charge is 2.19. The molecule has 0 unspecified atom stereocenters. The van der Waals surface area contributed by atoms with Gasteiger partial charge in [0, 0.05) is 11.6 Å². The highest BCUT2D eigenvalue weighted by Crippen LogP contribution is 2.30. The van der Waals surface area contributed by atoms with Crippen molar-refractivity contribution in [3.05, 3.63) is 62.2 Å². The molecule has 0 aliphatic rings. The topological polar surface area (TPSA) is 129 Å². The summed E-state index contributed by atoms with van der Waals surface area (Å²) in [6.07, 6.45) is 1.40. The largest absolute Gasteiger partial charge is 0.493 e. The Labute approximate surface area is 142 Å². The molecule has 2 rings (SSSR count). The standard InChI is InChI=1S/C15H14N4O6/c1-24-14-5-3-4-10(15(14)25-2)9-16-17-12-7-6-11(18(20)21)8-13(12)19(22)23/h3-9,17H,1-2H3/b16-9+. The number of nitrogens with zero attached hydrogens (tertiary/aromatic N) is 3. The van der Waals surface area contributed by atoms with E-state index in [4.69, 9.17) is 9.47 Å². The van der Waals surface area contributed by atoms with Crippen LogP contribution in [0, 0.1) is 20.2 Å². The summed E-state index contributed by atoms with van der Waals surface area (Å²) in [7, 11) is 2.97. The van der Waals surface area contributed by atoms with E-state index in [9.17, 15) is 20.2 Å². The van der Waals surface area contributed by atoms with Crippen molar-refractivity contribution in [3.8, 4) is 11.5 Å². The summed E-state index contributed by atoms with van der Waals surface area (Å²) in [5.41, 5.74) is 2.28. The molecule has 0 spiro atoms. The van der Waals surface area contributed by atoms with Crippen molar-refractivity contribution in [3.63, 3.8) is 0 Å². The predicted octanol–water partition coefficient (Wildman–Crippen LogP) is 2.97. The lowest BCUT2D eigenvalue weighted by Gasteiger charge is -2.09. The summed E-state index contributed by atoms with van der Waals surface area (Å²) in [5, 5.41) is 25.7. The van der Waals surface area contributed by atoms with Crippen molar-refractivity contribution < 1.29 is 19.3 Å². The van der Waals surface area contributed by atoms with Crippen molar-refractivity contribution >= 4 is 23.3 Å². The smallest absolute Gasteiger partial charge is 0.301 e. The maximum absolute atomic E-state index is 11.1. The predicted molar refractivity (Wildman–Crippen MR) is 90.5 cm³/mol. The van der Waals surface area contributed by atoms with E-state index in [1.165, 1.54) is 26.5 Å². The lowest BCUT2D eigenvalue weighted by Crippen LogP contribution is -1.99. The minimum absolute atomic E-state index is 0.0220. The quantitative estimate of drug-likeness (QED) is 0.463. The van der Waals surface area contributed by atoms with Gasteiger partial charge in [0.25, 0.3) is 5.69 Å². The van der Waals surface area contributed by atoms with Gasteiger partial charge in [-0.1, -0.05) is 6.07 Å². The number of para-hydroxylation sites is 1. The molecular formula is C15H14N4O6. The zero-order chi connectivity index (χ0) is 18.4. The number of benzene rings is 2. The van der Waals surface area contributed by atoms with Crippen LogP contribution in [0.4, 0.5) is 17.1 Å². The minimum Gasteiger partial charge on any atom is -0.493 e. The molecule has 0 saturated heterocycles. The van der Waals surface area contributed by atoms with Gasteiger partial charge < -0.3 is 9.47 Å². The van der Waals surface area contributed by atoms with E-state index in [2.05, 4.69) is 10.5 Å². The van der Waals surface area contributed by atoms with Crippen LogP contribution < -0.4 is 14.9 Å². The number of ether oxygens (including phenoxy) is 2. The second-order valence-electron chi connectivity index (χ2n) is 4.67. The maximum atomic E-state index is 11.1. The van der Waals surface area contributed by atoms with E-state index in [0.29, 0.717) is 17.1 Å². The SMILES string of the molecule is COc1cccc(/C=N/Nc2ccc([N+](=O)[O-])cc2[N+](=O)[O-])c1OC. The summed E-state index contributed by atoms with van der Waals surface area (Å²) < 4.78 is 10.4. The van der Waals surface area contributed by atoms with Crippen molar-refractivity contribution in [2.75, 3.05) is 19.6 Å². The van der Waals surface area contributed by atoms with Crippen LogP contribution >= 0.6 is 0 Å². The van der Waals surface area contributed by atoms with Gasteiger partial charge in [-0.25, -0.2) is 0 Å². The molecule has 0 amide bonds. The van der Waals surface area contributed by atoms with Crippen LogP contribution in [0.5, 0.6) is 11.5 Å². The molecule has 0 bridgehead atoms. The number of hydrogen-bond donors (Lipinski definition) is 1. The Kier molecular flexibility index (Phi) is 5.46. The summed E-state index contributed by atoms with van der Waals surface area (Å²) in [6, 6.07) is 8.40. The maximum Gasteiger partial charge on any atom is 0.301 e. The number of hydrogen-bond acceptors (Lipinski definition) is 8. The number of non-ortho nitro benzene ring substituents is 1. The number of rotatable bonds is 7. The third kappa shape index (κ3) is 3.99. The van der Waals surface area contributed by atoms with Gasteiger partial charge >= 0.3 is 5.69 Å². The van der Waals surface area contributed by atoms with E-state index >= 15 is 0 Å². The van der Waals surface area contributed by atoms with Crippen molar-refractivity contribution in [2.24, 2.45) is 5.10 Å². The molecule has 0 aliphatic heterocycles. The first-order valence-electron chi connectivity index (χ1n) is 6.90. The van der Waals surface area contributed by atoms with Crippen LogP contribution in [-0.4, -0.2) is 30.3 Å². The summed E-state index contributed by atoms with van der Waals surface area (Å²) in [5.74, 6) is 0.960. The number of hydrazone groups is 1. The van der Waals surface area contributed by atoms with Crippen molar-refractivity contribution in [2.45, 2.75) is 0 Å². The fourth-order valence-corrected chi connectivity index (χ4v) is 2.06. The van der Waals surface area contributed by atoms with Gasteiger partial charge in [0.05, 0.1) is 36.3 Å². The molecule has 10 nitrogen and oxygen atoms in total. The van der Waals surface area contributed by atoms with E-state index < -0.39 is 15.5 Å². The number of nitro groups is 2. The van der Waals surface area contributed by atoms with Gasteiger partial charge in [-0.2, -0.15) is 5.10 Å². The second-order valence-corrected chi connectivity index (χ2v) is 4.67. The number of nitrogens with one attached hydrogen (secondary N) is 1. The third-order valence-corrected chi connectivity index (χ3v) is 3.21. The Morgan fingerprint density at radius 3 is 2.44 bits per heavy atom. The number of nitro benzene ring substituents is 2. The molecule has 0 atom stereocenters. The van der Waals surface area contributed by atoms with Crippen molar-refractivity contribution in [1.82, 2.24) is 0 Å². The normalized spacial score (nSPS) is 10.5.